The van der Waals surface area contributed by atoms with Crippen molar-refractivity contribution in [2.45, 2.75) is 19.9 Å². The predicted octanol–water partition coefficient (Wildman–Crippen LogP) is 4.03. The highest BCUT2D eigenvalue weighted by molar-refractivity contribution is 5.98. The Balaban J connectivity index is 1.59. The molecule has 0 aromatic heterocycles. The fourth-order valence-corrected chi connectivity index (χ4v) is 2.77. The van der Waals surface area contributed by atoms with E-state index in [-0.39, 0.29) is 24.4 Å². The van der Waals surface area contributed by atoms with Crippen LogP contribution in [0.1, 0.15) is 24.2 Å². The van der Waals surface area contributed by atoms with Crippen molar-refractivity contribution >= 4 is 34.0 Å². The summed E-state index contributed by atoms with van der Waals surface area (Å²) in [6, 6.07) is 21.0. The number of rotatable bonds is 6. The first-order valence-electron chi connectivity index (χ1n) is 8.95. The molecule has 3 rings (SSSR count). The first-order chi connectivity index (χ1) is 13.0. The molecule has 0 aliphatic heterocycles. The summed E-state index contributed by atoms with van der Waals surface area (Å²) in [7, 11) is 0. The number of carbonyl (C=O) groups is 2. The van der Waals surface area contributed by atoms with E-state index in [0.29, 0.717) is 11.3 Å². The van der Waals surface area contributed by atoms with Crippen LogP contribution in [0.5, 0.6) is 0 Å². The van der Waals surface area contributed by atoms with E-state index in [9.17, 15) is 9.59 Å². The highest BCUT2D eigenvalue weighted by Crippen LogP contribution is 2.18. The number of fused-ring (bicyclic) bond motifs is 1. The molecule has 5 heteroatoms. The van der Waals surface area contributed by atoms with Crippen molar-refractivity contribution in [1.29, 1.82) is 0 Å². The zero-order chi connectivity index (χ0) is 19.2. The van der Waals surface area contributed by atoms with Gasteiger partial charge in [-0.05, 0) is 55.0 Å². The van der Waals surface area contributed by atoms with Crippen molar-refractivity contribution in [1.82, 2.24) is 5.32 Å². The SMILES string of the molecule is CC(C)NC(=O)c1cccc(NC(=O)CNc2ccc3ccccc3c2)c1. The van der Waals surface area contributed by atoms with Crippen LogP contribution in [0, 0.1) is 0 Å². The third kappa shape index (κ3) is 5.07. The second kappa shape index (κ2) is 8.36. The van der Waals surface area contributed by atoms with Crippen LogP contribution < -0.4 is 16.0 Å². The molecule has 0 saturated heterocycles. The number of hydrogen-bond acceptors (Lipinski definition) is 3. The third-order valence-electron chi connectivity index (χ3n) is 4.03. The van der Waals surface area contributed by atoms with Crippen molar-refractivity contribution in [2.24, 2.45) is 0 Å². The van der Waals surface area contributed by atoms with E-state index in [2.05, 4.69) is 16.0 Å². The van der Waals surface area contributed by atoms with Gasteiger partial charge in [0.2, 0.25) is 5.91 Å². The average molecular weight is 361 g/mol. The van der Waals surface area contributed by atoms with Gasteiger partial charge < -0.3 is 16.0 Å². The predicted molar refractivity (Wildman–Crippen MR) is 110 cm³/mol. The summed E-state index contributed by atoms with van der Waals surface area (Å²) in [6.07, 6.45) is 0. The molecule has 3 aromatic rings. The van der Waals surface area contributed by atoms with Gasteiger partial charge in [-0.2, -0.15) is 0 Å². The maximum Gasteiger partial charge on any atom is 0.251 e. The van der Waals surface area contributed by atoms with Gasteiger partial charge in [-0.3, -0.25) is 9.59 Å². The van der Waals surface area contributed by atoms with Crippen molar-refractivity contribution in [3.63, 3.8) is 0 Å². The van der Waals surface area contributed by atoms with Crippen LogP contribution in [-0.4, -0.2) is 24.4 Å². The van der Waals surface area contributed by atoms with Gasteiger partial charge >= 0.3 is 0 Å². The van der Waals surface area contributed by atoms with E-state index in [1.165, 1.54) is 0 Å². The van der Waals surface area contributed by atoms with Crippen molar-refractivity contribution in [2.75, 3.05) is 17.2 Å². The van der Waals surface area contributed by atoms with Crippen LogP contribution in [0.2, 0.25) is 0 Å². The molecule has 0 saturated carbocycles. The van der Waals surface area contributed by atoms with Gasteiger partial charge in [0.25, 0.3) is 5.91 Å². The first kappa shape index (κ1) is 18.5. The van der Waals surface area contributed by atoms with E-state index in [1.54, 1.807) is 24.3 Å². The molecule has 138 valence electrons. The maximum atomic E-state index is 12.2. The van der Waals surface area contributed by atoms with Crippen LogP contribution in [0.3, 0.4) is 0 Å². The molecule has 5 nitrogen and oxygen atoms in total. The van der Waals surface area contributed by atoms with Crippen molar-refractivity contribution in [3.05, 3.63) is 72.3 Å². The Morgan fingerprint density at radius 3 is 2.41 bits per heavy atom. The number of carbonyl (C=O) groups excluding carboxylic acids is 2. The average Bonchev–Trinajstić information content (AvgIpc) is 2.66. The Morgan fingerprint density at radius 2 is 1.63 bits per heavy atom. The van der Waals surface area contributed by atoms with Gasteiger partial charge in [-0.15, -0.1) is 0 Å². The molecule has 0 radical (unpaired) electrons. The molecule has 0 aliphatic rings. The van der Waals surface area contributed by atoms with Gasteiger partial charge in [-0.1, -0.05) is 36.4 Å². The Morgan fingerprint density at radius 1 is 0.852 bits per heavy atom. The Bertz CT molecular complexity index is 966. The first-order valence-corrected chi connectivity index (χ1v) is 8.95. The molecule has 0 atom stereocenters. The van der Waals surface area contributed by atoms with Gasteiger partial charge in [0.15, 0.2) is 0 Å². The molecule has 0 fully saturated rings. The second-order valence-electron chi connectivity index (χ2n) is 6.67. The standard InChI is InChI=1S/C22H23N3O2/c1-15(2)24-22(27)18-8-5-9-20(13-18)25-21(26)14-23-19-11-10-16-6-3-4-7-17(16)12-19/h3-13,15,23H,14H2,1-2H3,(H,24,27)(H,25,26). The molecule has 0 unspecified atom stereocenters. The lowest BCUT2D eigenvalue weighted by atomic mass is 10.1. The molecule has 0 heterocycles. The summed E-state index contributed by atoms with van der Waals surface area (Å²) in [5.41, 5.74) is 2.00. The Kier molecular flexibility index (Phi) is 5.71. The van der Waals surface area contributed by atoms with Crippen LogP contribution in [0.15, 0.2) is 66.7 Å². The summed E-state index contributed by atoms with van der Waals surface area (Å²) in [5.74, 6) is -0.333. The second-order valence-corrected chi connectivity index (χ2v) is 6.67. The lowest BCUT2D eigenvalue weighted by Crippen LogP contribution is -2.30. The number of nitrogens with one attached hydrogen (secondary N) is 3. The normalized spacial score (nSPS) is 10.6. The minimum atomic E-state index is -0.176. The largest absolute Gasteiger partial charge is 0.376 e. The van der Waals surface area contributed by atoms with E-state index in [1.807, 2.05) is 56.3 Å². The highest BCUT2D eigenvalue weighted by atomic mass is 16.2. The van der Waals surface area contributed by atoms with Crippen molar-refractivity contribution < 1.29 is 9.59 Å². The maximum absolute atomic E-state index is 12.2. The van der Waals surface area contributed by atoms with Gasteiger partial charge in [0.05, 0.1) is 6.54 Å². The topological polar surface area (TPSA) is 70.2 Å². The van der Waals surface area contributed by atoms with Crippen molar-refractivity contribution in [3.8, 4) is 0 Å². The summed E-state index contributed by atoms with van der Waals surface area (Å²) in [6.45, 7) is 3.95. The van der Waals surface area contributed by atoms with Gasteiger partial charge in [-0.25, -0.2) is 0 Å². The summed E-state index contributed by atoms with van der Waals surface area (Å²) < 4.78 is 0. The Labute approximate surface area is 158 Å². The summed E-state index contributed by atoms with van der Waals surface area (Å²) >= 11 is 0. The highest BCUT2D eigenvalue weighted by Gasteiger charge is 2.09. The summed E-state index contributed by atoms with van der Waals surface area (Å²) in [4.78, 5) is 24.3. The van der Waals surface area contributed by atoms with E-state index in [0.717, 1.165) is 16.5 Å². The van der Waals surface area contributed by atoms with E-state index < -0.39 is 0 Å². The van der Waals surface area contributed by atoms with Gasteiger partial charge in [0.1, 0.15) is 0 Å². The Hall–Kier alpha value is -3.34. The van der Waals surface area contributed by atoms with E-state index >= 15 is 0 Å². The van der Waals surface area contributed by atoms with Crippen LogP contribution in [-0.2, 0) is 4.79 Å². The molecule has 0 aliphatic carbocycles. The van der Waals surface area contributed by atoms with Crippen LogP contribution >= 0.6 is 0 Å². The zero-order valence-electron chi connectivity index (χ0n) is 15.5. The minimum absolute atomic E-state index is 0.0573. The monoisotopic (exact) mass is 361 g/mol. The van der Waals surface area contributed by atoms with Crippen LogP contribution in [0.4, 0.5) is 11.4 Å². The number of hydrogen-bond donors (Lipinski definition) is 3. The van der Waals surface area contributed by atoms with Crippen LogP contribution in [0.25, 0.3) is 10.8 Å². The molecule has 3 N–H and O–H groups in total. The molecular weight excluding hydrogens is 338 g/mol. The molecule has 0 spiro atoms. The molecular formula is C22H23N3O2. The fourth-order valence-electron chi connectivity index (χ4n) is 2.77. The smallest absolute Gasteiger partial charge is 0.251 e. The lowest BCUT2D eigenvalue weighted by molar-refractivity contribution is -0.114. The fraction of sp³-hybridized carbons (Fsp3) is 0.182. The third-order valence-corrected chi connectivity index (χ3v) is 4.03. The zero-order valence-corrected chi connectivity index (χ0v) is 15.5. The quantitative estimate of drug-likeness (QED) is 0.621. The number of benzene rings is 3. The summed E-state index contributed by atoms with van der Waals surface area (Å²) in [5, 5.41) is 11.1. The molecule has 2 amide bonds. The molecule has 0 bridgehead atoms. The lowest BCUT2D eigenvalue weighted by Gasteiger charge is -2.11. The molecule has 3 aromatic carbocycles. The molecule has 27 heavy (non-hydrogen) atoms. The van der Waals surface area contributed by atoms with E-state index in [4.69, 9.17) is 0 Å². The minimum Gasteiger partial charge on any atom is -0.376 e. The number of anilines is 2. The van der Waals surface area contributed by atoms with Gasteiger partial charge in [0, 0.05) is 23.0 Å². The number of amides is 2.